The second-order valence-electron chi connectivity index (χ2n) is 7.12. The van der Waals surface area contributed by atoms with Gasteiger partial charge in [-0.05, 0) is 50.2 Å². The van der Waals surface area contributed by atoms with E-state index < -0.39 is 21.9 Å². The molecule has 0 fully saturated rings. The Morgan fingerprint density at radius 2 is 1.66 bits per heavy atom. The highest BCUT2D eigenvalue weighted by Crippen LogP contribution is 2.43. The Labute approximate surface area is 186 Å². The number of para-hydroxylation sites is 1. The average molecular weight is 451 g/mol. The van der Waals surface area contributed by atoms with Crippen LogP contribution in [-0.4, -0.2) is 33.4 Å². The molecule has 3 aromatic carbocycles. The number of ether oxygens (including phenoxy) is 1. The van der Waals surface area contributed by atoms with Crippen molar-refractivity contribution >= 4 is 33.3 Å². The molecule has 0 saturated heterocycles. The van der Waals surface area contributed by atoms with Crippen LogP contribution in [0.1, 0.15) is 34.6 Å². The van der Waals surface area contributed by atoms with Crippen molar-refractivity contribution in [3.8, 4) is 11.1 Å². The standard InChI is InChI=1S/C24H22N2O5S/c1-3-26-21-14-13-16(15-19(21)17-9-6-8-12-22(17)32(26,29)30)23(27)25-20-11-7-5-10-18(20)24(28)31-4-2/h5-15H,3-4H2,1-2H3,(H,25,27). The van der Waals surface area contributed by atoms with Gasteiger partial charge in [0.25, 0.3) is 15.9 Å². The summed E-state index contributed by atoms with van der Waals surface area (Å²) in [5, 5.41) is 2.77. The Hall–Kier alpha value is -3.65. The summed E-state index contributed by atoms with van der Waals surface area (Å²) in [6, 6.07) is 18.3. The van der Waals surface area contributed by atoms with E-state index >= 15 is 0 Å². The van der Waals surface area contributed by atoms with Crippen LogP contribution in [0.3, 0.4) is 0 Å². The molecule has 0 saturated carbocycles. The quantitative estimate of drug-likeness (QED) is 0.585. The monoisotopic (exact) mass is 450 g/mol. The van der Waals surface area contributed by atoms with Crippen LogP contribution in [-0.2, 0) is 14.8 Å². The van der Waals surface area contributed by atoms with E-state index in [4.69, 9.17) is 4.74 Å². The Kier molecular flexibility index (Phi) is 5.71. The number of sulfonamides is 1. The minimum atomic E-state index is -3.67. The van der Waals surface area contributed by atoms with Crippen LogP contribution in [0, 0.1) is 0 Å². The summed E-state index contributed by atoms with van der Waals surface area (Å²) in [4.78, 5) is 25.4. The summed E-state index contributed by atoms with van der Waals surface area (Å²) in [5.74, 6) is -0.940. The maximum atomic E-state index is 13.0. The smallest absolute Gasteiger partial charge is 0.340 e. The molecule has 1 N–H and O–H groups in total. The molecular weight excluding hydrogens is 428 g/mol. The third-order valence-corrected chi connectivity index (χ3v) is 7.18. The van der Waals surface area contributed by atoms with Crippen molar-refractivity contribution in [2.45, 2.75) is 18.7 Å². The van der Waals surface area contributed by atoms with E-state index in [0.717, 1.165) is 0 Å². The highest BCUT2D eigenvalue weighted by atomic mass is 32.2. The lowest BCUT2D eigenvalue weighted by molar-refractivity contribution is 0.0527. The Morgan fingerprint density at radius 3 is 2.41 bits per heavy atom. The largest absolute Gasteiger partial charge is 0.462 e. The van der Waals surface area contributed by atoms with Crippen molar-refractivity contribution in [1.82, 2.24) is 0 Å². The Morgan fingerprint density at radius 1 is 0.938 bits per heavy atom. The van der Waals surface area contributed by atoms with Gasteiger partial charge in [-0.2, -0.15) is 0 Å². The van der Waals surface area contributed by atoms with Gasteiger partial charge in [0.05, 0.1) is 28.4 Å². The highest BCUT2D eigenvalue weighted by Gasteiger charge is 2.34. The van der Waals surface area contributed by atoms with E-state index in [1.165, 1.54) is 4.31 Å². The van der Waals surface area contributed by atoms with Crippen LogP contribution in [0.5, 0.6) is 0 Å². The van der Waals surface area contributed by atoms with Gasteiger partial charge in [0.15, 0.2) is 0 Å². The highest BCUT2D eigenvalue weighted by molar-refractivity contribution is 7.93. The first kappa shape index (κ1) is 21.6. The maximum Gasteiger partial charge on any atom is 0.340 e. The van der Waals surface area contributed by atoms with E-state index in [9.17, 15) is 18.0 Å². The van der Waals surface area contributed by atoms with Crippen molar-refractivity contribution in [2.75, 3.05) is 22.8 Å². The molecule has 1 amide bonds. The molecule has 0 unspecified atom stereocenters. The lowest BCUT2D eigenvalue weighted by atomic mass is 10.00. The van der Waals surface area contributed by atoms with Crippen LogP contribution < -0.4 is 9.62 Å². The van der Waals surface area contributed by atoms with Crippen molar-refractivity contribution in [3.05, 3.63) is 77.9 Å². The van der Waals surface area contributed by atoms with E-state index in [1.807, 2.05) is 0 Å². The first-order chi connectivity index (χ1) is 15.4. The second kappa shape index (κ2) is 8.47. The zero-order chi connectivity index (χ0) is 22.9. The number of esters is 1. The number of fused-ring (bicyclic) bond motifs is 3. The molecule has 0 aromatic heterocycles. The van der Waals surface area contributed by atoms with Gasteiger partial charge in [0, 0.05) is 23.2 Å². The molecule has 1 aliphatic rings. The SMILES string of the molecule is CCOC(=O)c1ccccc1NC(=O)c1ccc2c(c1)-c1ccccc1S(=O)(=O)N2CC. The number of carbonyl (C=O) groups is 2. The molecule has 3 aromatic rings. The minimum Gasteiger partial charge on any atom is -0.462 e. The van der Waals surface area contributed by atoms with E-state index in [0.29, 0.717) is 28.1 Å². The Bertz CT molecular complexity index is 1320. The summed E-state index contributed by atoms with van der Waals surface area (Å²) in [5.41, 5.74) is 2.67. The summed E-state index contributed by atoms with van der Waals surface area (Å²) in [6.07, 6.45) is 0. The van der Waals surface area contributed by atoms with Crippen LogP contribution in [0.25, 0.3) is 11.1 Å². The van der Waals surface area contributed by atoms with Gasteiger partial charge >= 0.3 is 5.97 Å². The van der Waals surface area contributed by atoms with Gasteiger partial charge in [-0.1, -0.05) is 30.3 Å². The van der Waals surface area contributed by atoms with Gasteiger partial charge in [-0.25, -0.2) is 13.2 Å². The number of rotatable bonds is 5. The zero-order valence-electron chi connectivity index (χ0n) is 17.7. The van der Waals surface area contributed by atoms with Gasteiger partial charge < -0.3 is 10.1 Å². The first-order valence-corrected chi connectivity index (χ1v) is 11.7. The molecule has 7 nitrogen and oxygen atoms in total. The molecule has 32 heavy (non-hydrogen) atoms. The lowest BCUT2D eigenvalue weighted by Gasteiger charge is -2.31. The second-order valence-corrected chi connectivity index (χ2v) is 8.95. The van der Waals surface area contributed by atoms with Gasteiger partial charge in [-0.15, -0.1) is 0 Å². The molecule has 0 radical (unpaired) electrons. The predicted molar refractivity (Wildman–Crippen MR) is 122 cm³/mol. The molecule has 1 aliphatic heterocycles. The molecule has 164 valence electrons. The van der Waals surface area contributed by atoms with Crippen LogP contribution in [0.4, 0.5) is 11.4 Å². The van der Waals surface area contributed by atoms with Crippen LogP contribution >= 0.6 is 0 Å². The Balaban J connectivity index is 1.74. The topological polar surface area (TPSA) is 92.8 Å². The number of amides is 1. The fourth-order valence-corrected chi connectivity index (χ4v) is 5.49. The molecule has 0 aliphatic carbocycles. The van der Waals surface area contributed by atoms with E-state index in [-0.39, 0.29) is 23.6 Å². The third kappa shape index (κ3) is 3.62. The molecule has 1 heterocycles. The van der Waals surface area contributed by atoms with Crippen molar-refractivity contribution in [3.63, 3.8) is 0 Å². The molecule has 0 spiro atoms. The van der Waals surface area contributed by atoms with Gasteiger partial charge in [0.2, 0.25) is 0 Å². The molecule has 0 bridgehead atoms. The summed E-state index contributed by atoms with van der Waals surface area (Å²) >= 11 is 0. The number of anilines is 2. The molecule has 0 atom stereocenters. The van der Waals surface area contributed by atoms with Crippen molar-refractivity contribution < 1.29 is 22.7 Å². The lowest BCUT2D eigenvalue weighted by Crippen LogP contribution is -2.34. The van der Waals surface area contributed by atoms with E-state index in [1.54, 1.807) is 80.6 Å². The number of hydrogen-bond acceptors (Lipinski definition) is 5. The fraction of sp³-hybridized carbons (Fsp3) is 0.167. The minimum absolute atomic E-state index is 0.208. The van der Waals surface area contributed by atoms with Crippen molar-refractivity contribution in [2.24, 2.45) is 0 Å². The third-order valence-electron chi connectivity index (χ3n) is 5.23. The molecular formula is C24H22N2O5S. The molecule has 4 rings (SSSR count). The summed E-state index contributed by atoms with van der Waals surface area (Å²) < 4.78 is 32.4. The van der Waals surface area contributed by atoms with Crippen LogP contribution in [0.2, 0.25) is 0 Å². The van der Waals surface area contributed by atoms with Gasteiger partial charge in [-0.3, -0.25) is 9.10 Å². The summed E-state index contributed by atoms with van der Waals surface area (Å²) in [7, 11) is -3.67. The first-order valence-electron chi connectivity index (χ1n) is 10.2. The normalized spacial score (nSPS) is 13.6. The maximum absolute atomic E-state index is 13.0. The van der Waals surface area contributed by atoms with Crippen molar-refractivity contribution in [1.29, 1.82) is 0 Å². The summed E-state index contributed by atoms with van der Waals surface area (Å²) in [6.45, 7) is 3.97. The fourth-order valence-electron chi connectivity index (χ4n) is 3.79. The number of carbonyl (C=O) groups excluding carboxylic acids is 2. The number of nitrogens with zero attached hydrogens (tertiary/aromatic N) is 1. The number of benzene rings is 3. The van der Waals surface area contributed by atoms with Gasteiger partial charge in [0.1, 0.15) is 0 Å². The zero-order valence-corrected chi connectivity index (χ0v) is 18.5. The number of nitrogens with one attached hydrogen (secondary N) is 1. The average Bonchev–Trinajstić information content (AvgIpc) is 2.79. The number of hydrogen-bond donors (Lipinski definition) is 1. The molecule has 8 heteroatoms. The van der Waals surface area contributed by atoms with Crippen LogP contribution in [0.15, 0.2) is 71.6 Å². The van der Waals surface area contributed by atoms with E-state index in [2.05, 4.69) is 5.32 Å². The predicted octanol–water partition coefficient (Wildman–Crippen LogP) is 4.31.